The summed E-state index contributed by atoms with van der Waals surface area (Å²) in [6.07, 6.45) is 1.09. The van der Waals surface area contributed by atoms with Crippen molar-refractivity contribution in [2.45, 2.75) is 12.5 Å². The molecule has 0 aromatic carbocycles. The van der Waals surface area contributed by atoms with Gasteiger partial charge >= 0.3 is 0 Å². The lowest BCUT2D eigenvalue weighted by Gasteiger charge is -2.02. The van der Waals surface area contributed by atoms with Crippen molar-refractivity contribution in [3.63, 3.8) is 0 Å². The number of alkyl halides is 1. The first-order valence-electron chi connectivity index (χ1n) is 3.62. The Balaban J connectivity index is 2.69. The topological polar surface area (TPSA) is 27.7 Å². The summed E-state index contributed by atoms with van der Waals surface area (Å²) in [6.45, 7) is 0. The molecule has 0 heterocycles. The molecule has 0 atom stereocenters. The summed E-state index contributed by atoms with van der Waals surface area (Å²) < 4.78 is 15.6. The predicted octanol–water partition coefficient (Wildman–Crippen LogP) is -2.55. The third kappa shape index (κ3) is 11.0. The van der Waals surface area contributed by atoms with Crippen molar-refractivity contribution in [2.75, 3.05) is 5.88 Å². The summed E-state index contributed by atoms with van der Waals surface area (Å²) >= 11 is 5.50. The molecular weight excluding hydrogens is 232 g/mol. The van der Waals surface area contributed by atoms with Crippen LogP contribution in [0.25, 0.3) is 0 Å². The van der Waals surface area contributed by atoms with Gasteiger partial charge in [-0.15, -0.1) is 11.6 Å². The van der Waals surface area contributed by atoms with E-state index in [1.807, 2.05) is 0 Å². The van der Waals surface area contributed by atoms with E-state index in [-0.39, 0.29) is 9.76 Å². The minimum absolute atomic E-state index is 0.297. The Morgan fingerprint density at radius 3 is 2.73 bits per heavy atom. The van der Waals surface area contributed by atoms with Gasteiger partial charge in [-0.1, -0.05) is 0 Å². The average Bonchev–Trinajstić information content (AvgIpc) is 2.03. The van der Waals surface area contributed by atoms with Gasteiger partial charge in [-0.25, -0.2) is 0 Å². The molecule has 0 saturated carbocycles. The molecule has 0 radical (unpaired) electrons. The van der Waals surface area contributed by atoms with Gasteiger partial charge in [0.25, 0.3) is 20.0 Å². The van der Waals surface area contributed by atoms with Crippen molar-refractivity contribution < 1.29 is 12.3 Å². The van der Waals surface area contributed by atoms with Crippen LogP contribution in [0.2, 0.25) is 6.04 Å². The SMILES string of the molecule is [SiH3]O[SiH2]O[SiH2]O[SiH2]CCCCl. The molecule has 0 rings (SSSR count). The van der Waals surface area contributed by atoms with Crippen LogP contribution in [0.15, 0.2) is 0 Å². The van der Waals surface area contributed by atoms with E-state index in [2.05, 4.69) is 0 Å². The molecule has 0 aliphatic heterocycles. The van der Waals surface area contributed by atoms with Crippen molar-refractivity contribution in [3.8, 4) is 0 Å². The maximum atomic E-state index is 5.50. The van der Waals surface area contributed by atoms with Crippen molar-refractivity contribution in [1.29, 1.82) is 0 Å². The number of hydrogen-bond donors (Lipinski definition) is 0. The van der Waals surface area contributed by atoms with E-state index in [0.29, 0.717) is 0 Å². The summed E-state index contributed by atoms with van der Waals surface area (Å²) in [5.41, 5.74) is 0. The molecule has 0 fully saturated rings. The largest absolute Gasteiger partial charge is 0.449 e. The molecule has 3 nitrogen and oxygen atoms in total. The number of rotatable bonds is 8. The molecule has 0 unspecified atom stereocenters. The smallest absolute Gasteiger partial charge is 0.284 e. The van der Waals surface area contributed by atoms with Gasteiger partial charge in [0.1, 0.15) is 20.2 Å². The van der Waals surface area contributed by atoms with Crippen molar-refractivity contribution in [3.05, 3.63) is 0 Å². The Kier molecular flexibility index (Phi) is 12.1. The van der Waals surface area contributed by atoms with Gasteiger partial charge in [-0.05, 0) is 12.5 Å². The predicted molar refractivity (Wildman–Crippen MR) is 59.0 cm³/mol. The van der Waals surface area contributed by atoms with Gasteiger partial charge in [0.2, 0.25) is 0 Å². The fraction of sp³-hybridized carbons (Fsp3) is 1.00. The molecule has 0 bridgehead atoms. The number of halogens is 1. The fourth-order valence-corrected chi connectivity index (χ4v) is 6.75. The van der Waals surface area contributed by atoms with Crippen LogP contribution in [0.3, 0.4) is 0 Å². The normalized spacial score (nSPS) is 13.9. The molecule has 0 aromatic heterocycles. The molecule has 0 aliphatic carbocycles. The highest BCUT2D eigenvalue weighted by Crippen LogP contribution is 1.90. The first-order chi connectivity index (χ1) is 5.41. The van der Waals surface area contributed by atoms with Crippen molar-refractivity contribution in [2.24, 2.45) is 0 Å². The molecule has 11 heavy (non-hydrogen) atoms. The van der Waals surface area contributed by atoms with Gasteiger partial charge in [0, 0.05) is 5.88 Å². The van der Waals surface area contributed by atoms with Gasteiger partial charge in [-0.2, -0.15) is 0 Å². The third-order valence-electron chi connectivity index (χ3n) is 1.04. The van der Waals surface area contributed by atoms with Gasteiger partial charge in [0.05, 0.1) is 0 Å². The Morgan fingerprint density at radius 1 is 1.27 bits per heavy atom. The Labute approximate surface area is 82.7 Å². The monoisotopic (exact) mass is 246 g/mol. The summed E-state index contributed by atoms with van der Waals surface area (Å²) in [7, 11) is -0.764. The van der Waals surface area contributed by atoms with Crippen molar-refractivity contribution >= 4 is 51.9 Å². The van der Waals surface area contributed by atoms with E-state index in [0.717, 1.165) is 22.8 Å². The number of hydrogen-bond acceptors (Lipinski definition) is 3. The third-order valence-corrected chi connectivity index (χ3v) is 6.19. The van der Waals surface area contributed by atoms with Crippen LogP contribution in [0, 0.1) is 0 Å². The lowest BCUT2D eigenvalue weighted by Crippen LogP contribution is -2.12. The second-order valence-corrected chi connectivity index (χ2v) is 9.57. The van der Waals surface area contributed by atoms with Crippen LogP contribution in [0.1, 0.15) is 6.42 Å². The van der Waals surface area contributed by atoms with E-state index >= 15 is 0 Å². The lowest BCUT2D eigenvalue weighted by molar-refractivity contribution is 0.438. The Hall–Kier alpha value is 1.04. The van der Waals surface area contributed by atoms with Crippen molar-refractivity contribution in [1.82, 2.24) is 0 Å². The zero-order chi connectivity index (χ0) is 8.36. The van der Waals surface area contributed by atoms with E-state index in [9.17, 15) is 0 Å². The van der Waals surface area contributed by atoms with Gasteiger partial charge in [0.15, 0.2) is 0 Å². The average molecular weight is 247 g/mol. The van der Waals surface area contributed by atoms with Crippen LogP contribution in [0.4, 0.5) is 0 Å². The summed E-state index contributed by atoms with van der Waals surface area (Å²) in [5, 5.41) is 0. The molecule has 0 aliphatic rings. The molecule has 0 aromatic rings. The molecular formula is C3H15ClO3Si4. The van der Waals surface area contributed by atoms with E-state index in [4.69, 9.17) is 23.9 Å². The first kappa shape index (κ1) is 12.0. The van der Waals surface area contributed by atoms with Crippen LogP contribution in [0.5, 0.6) is 0 Å². The molecule has 0 saturated heterocycles. The Morgan fingerprint density at radius 2 is 2.09 bits per heavy atom. The quantitative estimate of drug-likeness (QED) is 0.268. The van der Waals surface area contributed by atoms with Crippen LogP contribution >= 0.6 is 11.6 Å². The summed E-state index contributed by atoms with van der Waals surface area (Å²) in [5.74, 6) is 0.761. The second kappa shape index (κ2) is 11.0. The highest BCUT2D eigenvalue weighted by atomic mass is 35.5. The maximum Gasteiger partial charge on any atom is 0.284 e. The van der Waals surface area contributed by atoms with E-state index in [1.165, 1.54) is 6.04 Å². The first-order valence-corrected chi connectivity index (χ1v) is 8.86. The molecule has 0 spiro atoms. The molecule has 8 heteroatoms. The summed E-state index contributed by atoms with van der Waals surface area (Å²) in [6, 6.07) is 1.18. The minimum Gasteiger partial charge on any atom is -0.449 e. The maximum absolute atomic E-state index is 5.50. The zero-order valence-electron chi connectivity index (χ0n) is 6.85. The molecule has 68 valence electrons. The Bertz CT molecular complexity index is 69.6. The summed E-state index contributed by atoms with van der Waals surface area (Å²) in [4.78, 5) is 0. The zero-order valence-corrected chi connectivity index (χ0v) is 13.8. The van der Waals surface area contributed by atoms with Crippen LogP contribution in [-0.2, 0) is 12.3 Å². The highest BCUT2D eigenvalue weighted by molar-refractivity contribution is 6.44. The van der Waals surface area contributed by atoms with E-state index < -0.39 is 20.0 Å². The molecule has 0 amide bonds. The van der Waals surface area contributed by atoms with Gasteiger partial charge < -0.3 is 12.3 Å². The standard InChI is InChI=1S/C3H15ClO3Si4/c4-2-1-3-9-6-11-7-10-5-8/h1-3,9-11H2,8H3. The highest BCUT2D eigenvalue weighted by Gasteiger charge is 1.90. The van der Waals surface area contributed by atoms with Crippen LogP contribution in [-0.4, -0.2) is 46.1 Å². The van der Waals surface area contributed by atoms with E-state index in [1.54, 1.807) is 0 Å². The molecule has 0 N–H and O–H groups in total. The second-order valence-electron chi connectivity index (χ2n) is 2.03. The van der Waals surface area contributed by atoms with Crippen LogP contribution < -0.4 is 0 Å². The fourth-order valence-electron chi connectivity index (χ4n) is 0.534. The van der Waals surface area contributed by atoms with Gasteiger partial charge in [-0.3, -0.25) is 0 Å². The lowest BCUT2D eigenvalue weighted by atomic mass is 10.6. The minimum atomic E-state index is -0.650.